The topological polar surface area (TPSA) is 35.5 Å². The Balaban J connectivity index is 1.91. The summed E-state index contributed by atoms with van der Waals surface area (Å²) in [6.45, 7) is 4.49. The maximum atomic E-state index is 10.1. The van der Waals surface area contributed by atoms with E-state index in [9.17, 15) is 5.11 Å². The van der Waals surface area contributed by atoms with Crippen LogP contribution in [0.15, 0.2) is 18.2 Å². The third-order valence-corrected chi connectivity index (χ3v) is 4.70. The van der Waals surface area contributed by atoms with Crippen molar-refractivity contribution in [1.82, 2.24) is 5.32 Å². The standard InChI is InChI=1S/C16H26N2OS/c1-16(19,12-20-3)11-17-10-13-6-7-15-14(9-13)5-4-8-18(15)2/h6-7,9,17,19H,4-5,8,10-12H2,1-3H3. The predicted molar refractivity (Wildman–Crippen MR) is 88.7 cm³/mol. The number of anilines is 1. The molecule has 3 nitrogen and oxygen atoms in total. The molecular weight excluding hydrogens is 268 g/mol. The average molecular weight is 294 g/mol. The molecule has 1 aromatic carbocycles. The maximum Gasteiger partial charge on any atom is 0.0833 e. The zero-order chi connectivity index (χ0) is 14.6. The van der Waals surface area contributed by atoms with Gasteiger partial charge in [0.1, 0.15) is 0 Å². The summed E-state index contributed by atoms with van der Waals surface area (Å²) >= 11 is 1.68. The van der Waals surface area contributed by atoms with Crippen molar-refractivity contribution in [1.29, 1.82) is 0 Å². The zero-order valence-electron chi connectivity index (χ0n) is 12.8. The first-order chi connectivity index (χ1) is 9.52. The molecule has 1 aliphatic heterocycles. The van der Waals surface area contributed by atoms with E-state index in [-0.39, 0.29) is 0 Å². The zero-order valence-corrected chi connectivity index (χ0v) is 13.6. The van der Waals surface area contributed by atoms with Gasteiger partial charge in [0.2, 0.25) is 0 Å². The van der Waals surface area contributed by atoms with Gasteiger partial charge in [0.15, 0.2) is 0 Å². The number of thioether (sulfide) groups is 1. The van der Waals surface area contributed by atoms with Crippen molar-refractivity contribution in [2.45, 2.75) is 31.9 Å². The first-order valence-electron chi connectivity index (χ1n) is 7.27. The van der Waals surface area contributed by atoms with Crippen LogP contribution in [0.2, 0.25) is 0 Å². The Bertz CT molecular complexity index is 448. The van der Waals surface area contributed by atoms with Gasteiger partial charge in [-0.1, -0.05) is 12.1 Å². The van der Waals surface area contributed by atoms with Crippen molar-refractivity contribution in [2.24, 2.45) is 0 Å². The fourth-order valence-electron chi connectivity index (χ4n) is 2.79. The van der Waals surface area contributed by atoms with Gasteiger partial charge >= 0.3 is 0 Å². The number of benzene rings is 1. The summed E-state index contributed by atoms with van der Waals surface area (Å²) in [6.07, 6.45) is 4.44. The van der Waals surface area contributed by atoms with Crippen molar-refractivity contribution in [3.63, 3.8) is 0 Å². The van der Waals surface area contributed by atoms with Crippen molar-refractivity contribution >= 4 is 17.4 Å². The molecule has 0 fully saturated rings. The molecule has 0 saturated carbocycles. The molecule has 2 N–H and O–H groups in total. The smallest absolute Gasteiger partial charge is 0.0833 e. The van der Waals surface area contributed by atoms with Gasteiger partial charge in [0.05, 0.1) is 5.60 Å². The van der Waals surface area contributed by atoms with Gasteiger partial charge in [0, 0.05) is 38.1 Å². The lowest BCUT2D eigenvalue weighted by atomic mass is 9.99. The van der Waals surface area contributed by atoms with Gasteiger partial charge < -0.3 is 15.3 Å². The second-order valence-corrected chi connectivity index (χ2v) is 6.89. The van der Waals surface area contributed by atoms with E-state index in [0.29, 0.717) is 6.54 Å². The number of rotatable bonds is 6. The molecule has 1 aliphatic rings. The largest absolute Gasteiger partial charge is 0.388 e. The number of nitrogens with one attached hydrogen (secondary N) is 1. The molecule has 1 unspecified atom stereocenters. The lowest BCUT2D eigenvalue weighted by molar-refractivity contribution is 0.0846. The van der Waals surface area contributed by atoms with Crippen LogP contribution < -0.4 is 10.2 Å². The highest BCUT2D eigenvalue weighted by Gasteiger charge is 2.19. The van der Waals surface area contributed by atoms with Crippen molar-refractivity contribution in [3.8, 4) is 0 Å². The van der Waals surface area contributed by atoms with Gasteiger partial charge in [0.25, 0.3) is 0 Å². The minimum atomic E-state index is -0.631. The number of hydrogen-bond acceptors (Lipinski definition) is 4. The molecular formula is C16H26N2OS. The molecule has 0 radical (unpaired) electrons. The van der Waals surface area contributed by atoms with Crippen molar-refractivity contribution in [2.75, 3.05) is 37.0 Å². The van der Waals surface area contributed by atoms with Crippen LogP contribution >= 0.6 is 11.8 Å². The highest BCUT2D eigenvalue weighted by Crippen LogP contribution is 2.26. The highest BCUT2D eigenvalue weighted by atomic mass is 32.2. The van der Waals surface area contributed by atoms with Crippen LogP contribution in [0.3, 0.4) is 0 Å². The second kappa shape index (κ2) is 6.83. The molecule has 0 aromatic heterocycles. The molecule has 0 aliphatic carbocycles. The minimum Gasteiger partial charge on any atom is -0.388 e. The SMILES string of the molecule is CSCC(C)(O)CNCc1ccc2c(c1)CCCN2C. The summed E-state index contributed by atoms with van der Waals surface area (Å²) in [7, 11) is 2.16. The number of aryl methyl sites for hydroxylation is 1. The third-order valence-electron chi connectivity index (χ3n) is 3.79. The summed E-state index contributed by atoms with van der Waals surface area (Å²) in [4.78, 5) is 2.33. The normalized spacial score (nSPS) is 17.7. The Hall–Kier alpha value is -0.710. The van der Waals surface area contributed by atoms with E-state index in [1.807, 2.05) is 13.2 Å². The first kappa shape index (κ1) is 15.7. The maximum absolute atomic E-state index is 10.1. The summed E-state index contributed by atoms with van der Waals surface area (Å²) < 4.78 is 0. The quantitative estimate of drug-likeness (QED) is 0.844. The van der Waals surface area contributed by atoms with Crippen LogP contribution in [0.4, 0.5) is 5.69 Å². The Labute approximate surface area is 126 Å². The predicted octanol–water partition coefficient (Wildman–Crippen LogP) is 2.27. The molecule has 4 heteroatoms. The number of nitrogens with zero attached hydrogens (tertiary/aromatic N) is 1. The van der Waals surface area contributed by atoms with E-state index in [2.05, 4.69) is 35.5 Å². The van der Waals surface area contributed by atoms with Crippen LogP contribution in [0, 0.1) is 0 Å². The van der Waals surface area contributed by atoms with Gasteiger partial charge in [-0.25, -0.2) is 0 Å². The van der Waals surface area contributed by atoms with E-state index >= 15 is 0 Å². The van der Waals surface area contributed by atoms with Gasteiger partial charge in [-0.05, 0) is 43.2 Å². The summed E-state index contributed by atoms with van der Waals surface area (Å²) in [5.74, 6) is 0.759. The van der Waals surface area contributed by atoms with Gasteiger partial charge in [-0.2, -0.15) is 11.8 Å². The van der Waals surface area contributed by atoms with Gasteiger partial charge in [-0.3, -0.25) is 0 Å². The number of fused-ring (bicyclic) bond motifs is 1. The Kier molecular flexibility index (Phi) is 5.35. The molecule has 20 heavy (non-hydrogen) atoms. The number of hydrogen-bond donors (Lipinski definition) is 2. The molecule has 0 bridgehead atoms. The molecule has 1 atom stereocenters. The molecule has 0 amide bonds. The average Bonchev–Trinajstić information content (AvgIpc) is 2.38. The second-order valence-electron chi connectivity index (χ2n) is 6.02. The van der Waals surface area contributed by atoms with Crippen LogP contribution in [0.5, 0.6) is 0 Å². The van der Waals surface area contributed by atoms with E-state index in [0.717, 1.165) is 18.8 Å². The molecule has 2 rings (SSSR count). The third kappa shape index (κ3) is 4.14. The summed E-state index contributed by atoms with van der Waals surface area (Å²) in [6, 6.07) is 6.73. The fourth-order valence-corrected chi connectivity index (χ4v) is 3.51. The Morgan fingerprint density at radius 3 is 3.00 bits per heavy atom. The molecule has 0 spiro atoms. The lowest BCUT2D eigenvalue weighted by Gasteiger charge is -2.28. The van der Waals surface area contributed by atoms with Gasteiger partial charge in [-0.15, -0.1) is 0 Å². The Morgan fingerprint density at radius 2 is 2.25 bits per heavy atom. The minimum absolute atomic E-state index is 0.630. The van der Waals surface area contributed by atoms with Crippen LogP contribution in [-0.2, 0) is 13.0 Å². The highest BCUT2D eigenvalue weighted by molar-refractivity contribution is 7.98. The number of aliphatic hydroxyl groups is 1. The molecule has 0 saturated heterocycles. The van der Waals surface area contributed by atoms with Crippen LogP contribution in [0.1, 0.15) is 24.5 Å². The van der Waals surface area contributed by atoms with E-state index in [1.54, 1.807) is 11.8 Å². The van der Waals surface area contributed by atoms with E-state index < -0.39 is 5.60 Å². The van der Waals surface area contributed by atoms with E-state index in [1.165, 1.54) is 29.7 Å². The fraction of sp³-hybridized carbons (Fsp3) is 0.625. The van der Waals surface area contributed by atoms with Crippen LogP contribution in [0.25, 0.3) is 0 Å². The lowest BCUT2D eigenvalue weighted by Crippen LogP contribution is -2.39. The molecule has 1 heterocycles. The van der Waals surface area contributed by atoms with Crippen molar-refractivity contribution < 1.29 is 5.11 Å². The Morgan fingerprint density at radius 1 is 1.45 bits per heavy atom. The summed E-state index contributed by atoms with van der Waals surface area (Å²) in [5, 5.41) is 13.5. The molecule has 112 valence electrons. The van der Waals surface area contributed by atoms with Crippen molar-refractivity contribution in [3.05, 3.63) is 29.3 Å². The van der Waals surface area contributed by atoms with E-state index in [4.69, 9.17) is 0 Å². The first-order valence-corrected chi connectivity index (χ1v) is 8.66. The van der Waals surface area contributed by atoms with Crippen LogP contribution in [-0.4, -0.2) is 42.9 Å². The monoisotopic (exact) mass is 294 g/mol. The molecule has 1 aromatic rings. The summed E-state index contributed by atoms with van der Waals surface area (Å²) in [5.41, 5.74) is 3.50.